The van der Waals surface area contributed by atoms with Gasteiger partial charge in [-0.2, -0.15) is 0 Å². The molecule has 1 saturated carbocycles. The van der Waals surface area contributed by atoms with Gasteiger partial charge >= 0.3 is 0 Å². The number of primary amides is 1. The highest BCUT2D eigenvalue weighted by Gasteiger charge is 2.33. The molecule has 1 aromatic heterocycles. The number of aromatic nitrogens is 1. The zero-order valence-corrected chi connectivity index (χ0v) is 10.9. The molecule has 1 aromatic rings. The third-order valence-electron chi connectivity index (χ3n) is 3.49. The predicted octanol–water partition coefficient (Wildman–Crippen LogP) is 0.662. The fourth-order valence-electron chi connectivity index (χ4n) is 2.29. The van der Waals surface area contributed by atoms with Gasteiger partial charge in [0.1, 0.15) is 5.82 Å². The summed E-state index contributed by atoms with van der Waals surface area (Å²) >= 11 is 0. The summed E-state index contributed by atoms with van der Waals surface area (Å²) in [5.74, 6) is 0.997. The SMILES string of the molecule is Cc1cc(C(N)=O)cc(N(C)C(CN)C2CC2)n1. The molecule has 0 radical (unpaired) electrons. The van der Waals surface area contributed by atoms with Crippen molar-refractivity contribution in [2.75, 3.05) is 18.5 Å². The number of carbonyl (C=O) groups excluding carboxylic acids is 1. The summed E-state index contributed by atoms with van der Waals surface area (Å²) < 4.78 is 0. The van der Waals surface area contributed by atoms with Gasteiger partial charge in [-0.3, -0.25) is 4.79 Å². The van der Waals surface area contributed by atoms with Crippen LogP contribution in [0, 0.1) is 12.8 Å². The lowest BCUT2D eigenvalue weighted by molar-refractivity contribution is 0.1000. The first-order chi connectivity index (χ1) is 8.52. The molecule has 5 nitrogen and oxygen atoms in total. The minimum Gasteiger partial charge on any atom is -0.366 e. The van der Waals surface area contributed by atoms with Gasteiger partial charge in [-0.15, -0.1) is 0 Å². The van der Waals surface area contributed by atoms with Crippen LogP contribution in [0.3, 0.4) is 0 Å². The van der Waals surface area contributed by atoms with Crippen LogP contribution in [0.2, 0.25) is 0 Å². The van der Waals surface area contributed by atoms with Crippen molar-refractivity contribution in [2.45, 2.75) is 25.8 Å². The third kappa shape index (κ3) is 2.61. The zero-order chi connectivity index (χ0) is 13.3. The van der Waals surface area contributed by atoms with Crippen LogP contribution in [0.4, 0.5) is 5.82 Å². The van der Waals surface area contributed by atoms with E-state index in [0.717, 1.165) is 11.5 Å². The van der Waals surface area contributed by atoms with Crippen LogP contribution in [0.5, 0.6) is 0 Å². The second-order valence-electron chi connectivity index (χ2n) is 4.97. The average molecular weight is 248 g/mol. The molecule has 0 saturated heterocycles. The second-order valence-corrected chi connectivity index (χ2v) is 4.97. The van der Waals surface area contributed by atoms with E-state index in [9.17, 15) is 4.79 Å². The molecule has 0 aliphatic heterocycles. The summed E-state index contributed by atoms with van der Waals surface area (Å²) in [4.78, 5) is 17.8. The number of carbonyl (C=O) groups is 1. The molecule has 1 unspecified atom stereocenters. The molecule has 2 rings (SSSR count). The molecular weight excluding hydrogens is 228 g/mol. The number of nitrogens with two attached hydrogens (primary N) is 2. The number of nitrogens with zero attached hydrogens (tertiary/aromatic N) is 2. The lowest BCUT2D eigenvalue weighted by atomic mass is 10.1. The van der Waals surface area contributed by atoms with Crippen LogP contribution in [0.25, 0.3) is 0 Å². The van der Waals surface area contributed by atoms with Crippen LogP contribution >= 0.6 is 0 Å². The van der Waals surface area contributed by atoms with E-state index in [4.69, 9.17) is 11.5 Å². The number of amides is 1. The lowest BCUT2D eigenvalue weighted by Gasteiger charge is -2.28. The highest BCUT2D eigenvalue weighted by atomic mass is 16.1. The van der Waals surface area contributed by atoms with E-state index in [1.165, 1.54) is 12.8 Å². The van der Waals surface area contributed by atoms with Gasteiger partial charge in [0, 0.05) is 30.9 Å². The summed E-state index contributed by atoms with van der Waals surface area (Å²) in [6.45, 7) is 2.46. The maximum Gasteiger partial charge on any atom is 0.248 e. The highest BCUT2D eigenvalue weighted by molar-refractivity contribution is 5.93. The fourth-order valence-corrected chi connectivity index (χ4v) is 2.29. The van der Waals surface area contributed by atoms with E-state index < -0.39 is 5.91 Å². The van der Waals surface area contributed by atoms with Gasteiger partial charge in [0.05, 0.1) is 0 Å². The minimum absolute atomic E-state index is 0.292. The van der Waals surface area contributed by atoms with Gasteiger partial charge in [-0.1, -0.05) is 0 Å². The molecule has 1 amide bonds. The number of anilines is 1. The Labute approximate surface area is 107 Å². The van der Waals surface area contributed by atoms with E-state index in [-0.39, 0.29) is 0 Å². The van der Waals surface area contributed by atoms with Gasteiger partial charge in [0.25, 0.3) is 0 Å². The molecule has 1 fully saturated rings. The Morgan fingerprint density at radius 3 is 2.72 bits per heavy atom. The summed E-state index contributed by atoms with van der Waals surface area (Å²) in [5.41, 5.74) is 12.4. The number of rotatable bonds is 5. The molecule has 1 aliphatic rings. The molecule has 0 spiro atoms. The van der Waals surface area contributed by atoms with E-state index in [1.807, 2.05) is 14.0 Å². The van der Waals surface area contributed by atoms with Crippen LogP contribution in [-0.4, -0.2) is 30.5 Å². The number of likely N-dealkylation sites (N-methyl/N-ethyl adjacent to an activating group) is 1. The first kappa shape index (κ1) is 12.8. The molecule has 98 valence electrons. The summed E-state index contributed by atoms with van der Waals surface area (Å²) in [6.07, 6.45) is 2.45. The molecule has 1 aliphatic carbocycles. The quantitative estimate of drug-likeness (QED) is 0.801. The maximum absolute atomic E-state index is 11.3. The highest BCUT2D eigenvalue weighted by Crippen LogP contribution is 2.35. The van der Waals surface area contributed by atoms with Crippen molar-refractivity contribution in [1.29, 1.82) is 0 Å². The van der Waals surface area contributed by atoms with Crippen molar-refractivity contribution in [1.82, 2.24) is 4.98 Å². The molecule has 0 bridgehead atoms. The second kappa shape index (κ2) is 4.94. The Morgan fingerprint density at radius 2 is 2.22 bits per heavy atom. The molecule has 18 heavy (non-hydrogen) atoms. The van der Waals surface area contributed by atoms with Crippen LogP contribution in [0.1, 0.15) is 28.9 Å². The van der Waals surface area contributed by atoms with E-state index >= 15 is 0 Å². The molecular formula is C13H20N4O. The maximum atomic E-state index is 11.3. The fraction of sp³-hybridized carbons (Fsp3) is 0.538. The van der Waals surface area contributed by atoms with Crippen molar-refractivity contribution in [3.63, 3.8) is 0 Å². The number of aryl methyl sites for hydroxylation is 1. The van der Waals surface area contributed by atoms with Crippen LogP contribution in [0.15, 0.2) is 12.1 Å². The topological polar surface area (TPSA) is 85.2 Å². The number of hydrogen-bond acceptors (Lipinski definition) is 4. The molecule has 0 aromatic carbocycles. The zero-order valence-electron chi connectivity index (χ0n) is 10.9. The largest absolute Gasteiger partial charge is 0.366 e. The van der Waals surface area contributed by atoms with Crippen LogP contribution in [-0.2, 0) is 0 Å². The van der Waals surface area contributed by atoms with Gasteiger partial charge in [-0.25, -0.2) is 4.98 Å². The third-order valence-corrected chi connectivity index (χ3v) is 3.49. The van der Waals surface area contributed by atoms with Crippen LogP contribution < -0.4 is 16.4 Å². The van der Waals surface area contributed by atoms with Crippen molar-refractivity contribution >= 4 is 11.7 Å². The first-order valence-corrected chi connectivity index (χ1v) is 6.24. The van der Waals surface area contributed by atoms with Crippen molar-refractivity contribution < 1.29 is 4.79 Å². The van der Waals surface area contributed by atoms with E-state index in [1.54, 1.807) is 12.1 Å². The standard InChI is InChI=1S/C13H20N4O/c1-8-5-10(13(15)18)6-12(16-8)17(2)11(7-14)9-3-4-9/h5-6,9,11H,3-4,7,14H2,1-2H3,(H2,15,18). The summed E-state index contributed by atoms with van der Waals surface area (Å²) in [7, 11) is 1.97. The van der Waals surface area contributed by atoms with Crippen molar-refractivity contribution in [2.24, 2.45) is 17.4 Å². The molecule has 1 heterocycles. The van der Waals surface area contributed by atoms with Gasteiger partial charge in [0.15, 0.2) is 0 Å². The Morgan fingerprint density at radius 1 is 1.56 bits per heavy atom. The Balaban J connectivity index is 2.28. The Kier molecular flexibility index (Phi) is 3.52. The number of hydrogen-bond donors (Lipinski definition) is 2. The van der Waals surface area contributed by atoms with E-state index in [0.29, 0.717) is 24.1 Å². The molecule has 5 heteroatoms. The Hall–Kier alpha value is -1.62. The monoisotopic (exact) mass is 248 g/mol. The molecule has 1 atom stereocenters. The van der Waals surface area contributed by atoms with Crippen molar-refractivity contribution in [3.05, 3.63) is 23.4 Å². The Bertz CT molecular complexity index is 456. The number of pyridine rings is 1. The first-order valence-electron chi connectivity index (χ1n) is 6.24. The predicted molar refractivity (Wildman–Crippen MR) is 71.5 cm³/mol. The molecule has 4 N–H and O–H groups in total. The summed E-state index contributed by atoms with van der Waals surface area (Å²) in [5, 5.41) is 0. The van der Waals surface area contributed by atoms with Gasteiger partial charge < -0.3 is 16.4 Å². The normalized spacial score (nSPS) is 16.4. The van der Waals surface area contributed by atoms with Gasteiger partial charge in [-0.05, 0) is 37.8 Å². The lowest BCUT2D eigenvalue weighted by Crippen LogP contribution is -2.40. The van der Waals surface area contributed by atoms with Crippen molar-refractivity contribution in [3.8, 4) is 0 Å². The minimum atomic E-state index is -0.425. The van der Waals surface area contributed by atoms with Gasteiger partial charge in [0.2, 0.25) is 5.91 Å². The average Bonchev–Trinajstić information content (AvgIpc) is 3.13. The van der Waals surface area contributed by atoms with E-state index in [2.05, 4.69) is 9.88 Å². The smallest absolute Gasteiger partial charge is 0.248 e. The summed E-state index contributed by atoms with van der Waals surface area (Å²) in [6, 6.07) is 3.73.